The molecule has 8 nitrogen and oxygen atoms in total. The first-order chi connectivity index (χ1) is 15.0. The third-order valence-electron chi connectivity index (χ3n) is 5.71. The van der Waals surface area contributed by atoms with E-state index in [1.54, 1.807) is 47.4 Å². The Balaban J connectivity index is 1.34. The smallest absolute Gasteiger partial charge is 0.414 e. The van der Waals surface area contributed by atoms with Gasteiger partial charge in [0.25, 0.3) is 11.8 Å². The van der Waals surface area contributed by atoms with E-state index in [0.717, 1.165) is 0 Å². The van der Waals surface area contributed by atoms with Gasteiger partial charge in [-0.3, -0.25) is 19.8 Å². The summed E-state index contributed by atoms with van der Waals surface area (Å²) in [7, 11) is 0. The van der Waals surface area contributed by atoms with E-state index in [4.69, 9.17) is 9.47 Å². The number of ether oxygens (including phenoxy) is 2. The van der Waals surface area contributed by atoms with Crippen molar-refractivity contribution in [2.24, 2.45) is 0 Å². The Morgan fingerprint density at radius 2 is 1.87 bits per heavy atom. The maximum atomic E-state index is 14.2. The molecule has 3 aliphatic heterocycles. The summed E-state index contributed by atoms with van der Waals surface area (Å²) in [5.74, 6) is -0.853. The SMILES string of the molecule is O=C1NC(=O)c2c(CC3CN(c4cccc(N5CCOCC5F)c4)C(=O)O3)cccc21. The molecule has 0 aromatic heterocycles. The average molecular weight is 425 g/mol. The van der Waals surface area contributed by atoms with E-state index in [1.165, 1.54) is 4.90 Å². The Morgan fingerprint density at radius 1 is 1.06 bits per heavy atom. The molecule has 0 saturated carbocycles. The highest BCUT2D eigenvalue weighted by Crippen LogP contribution is 2.30. The molecule has 31 heavy (non-hydrogen) atoms. The normalized spacial score (nSPS) is 23.1. The van der Waals surface area contributed by atoms with Gasteiger partial charge in [0, 0.05) is 24.3 Å². The van der Waals surface area contributed by atoms with Gasteiger partial charge in [0.1, 0.15) is 6.10 Å². The highest BCUT2D eigenvalue weighted by atomic mass is 19.1. The minimum absolute atomic E-state index is 0.00946. The molecule has 5 rings (SSSR count). The molecule has 3 amide bonds. The van der Waals surface area contributed by atoms with Crippen LogP contribution in [0.15, 0.2) is 42.5 Å². The molecular formula is C22H20FN3O5. The summed E-state index contributed by atoms with van der Waals surface area (Å²) in [5, 5.41) is 2.29. The third kappa shape index (κ3) is 3.50. The fourth-order valence-corrected chi connectivity index (χ4v) is 4.25. The number of nitrogens with one attached hydrogen (secondary N) is 1. The van der Waals surface area contributed by atoms with Crippen LogP contribution in [-0.4, -0.2) is 56.6 Å². The van der Waals surface area contributed by atoms with E-state index in [9.17, 15) is 18.8 Å². The summed E-state index contributed by atoms with van der Waals surface area (Å²) in [6.07, 6.45) is -1.92. The second-order valence-electron chi connectivity index (χ2n) is 7.67. The predicted octanol–water partition coefficient (Wildman–Crippen LogP) is 2.27. The van der Waals surface area contributed by atoms with Crippen LogP contribution in [0.2, 0.25) is 0 Å². The minimum Gasteiger partial charge on any atom is -0.444 e. The van der Waals surface area contributed by atoms with Crippen molar-refractivity contribution in [2.75, 3.05) is 36.1 Å². The number of alkyl halides is 1. The molecular weight excluding hydrogens is 405 g/mol. The van der Waals surface area contributed by atoms with Gasteiger partial charge in [-0.1, -0.05) is 18.2 Å². The number of rotatable bonds is 4. The Morgan fingerprint density at radius 3 is 2.71 bits per heavy atom. The van der Waals surface area contributed by atoms with E-state index in [0.29, 0.717) is 47.6 Å². The number of carbonyl (C=O) groups is 3. The van der Waals surface area contributed by atoms with Gasteiger partial charge in [0.15, 0.2) is 6.30 Å². The first-order valence-corrected chi connectivity index (χ1v) is 10.1. The average Bonchev–Trinajstić information content (AvgIpc) is 3.27. The number of carbonyl (C=O) groups excluding carboxylic acids is 3. The zero-order valence-corrected chi connectivity index (χ0v) is 16.5. The first kappa shape index (κ1) is 19.5. The highest BCUT2D eigenvalue weighted by Gasteiger charge is 2.36. The first-order valence-electron chi connectivity index (χ1n) is 10.1. The molecule has 0 spiro atoms. The predicted molar refractivity (Wildman–Crippen MR) is 109 cm³/mol. The lowest BCUT2D eigenvalue weighted by Crippen LogP contribution is -2.42. The molecule has 2 atom stereocenters. The minimum atomic E-state index is -1.24. The van der Waals surface area contributed by atoms with E-state index in [-0.39, 0.29) is 13.2 Å². The van der Waals surface area contributed by atoms with Gasteiger partial charge in [-0.2, -0.15) is 0 Å². The third-order valence-corrected chi connectivity index (χ3v) is 5.71. The summed E-state index contributed by atoms with van der Waals surface area (Å²) in [5.41, 5.74) is 2.60. The molecule has 3 aliphatic rings. The fourth-order valence-electron chi connectivity index (χ4n) is 4.25. The molecule has 160 valence electrons. The Labute approximate surface area is 177 Å². The summed E-state index contributed by atoms with van der Waals surface area (Å²) < 4.78 is 24.9. The maximum absolute atomic E-state index is 14.2. The van der Waals surface area contributed by atoms with E-state index in [1.807, 2.05) is 0 Å². The second kappa shape index (κ2) is 7.66. The zero-order valence-electron chi connectivity index (χ0n) is 16.5. The van der Waals surface area contributed by atoms with Crippen molar-refractivity contribution >= 4 is 29.3 Å². The van der Waals surface area contributed by atoms with Crippen molar-refractivity contribution in [3.63, 3.8) is 0 Å². The van der Waals surface area contributed by atoms with Crippen molar-refractivity contribution in [3.8, 4) is 0 Å². The van der Waals surface area contributed by atoms with Crippen molar-refractivity contribution in [2.45, 2.75) is 18.8 Å². The lowest BCUT2D eigenvalue weighted by molar-refractivity contribution is 0.0497. The number of amides is 3. The van der Waals surface area contributed by atoms with Gasteiger partial charge in [-0.05, 0) is 29.8 Å². The number of morpholine rings is 1. The molecule has 0 bridgehead atoms. The van der Waals surface area contributed by atoms with Crippen LogP contribution in [-0.2, 0) is 15.9 Å². The van der Waals surface area contributed by atoms with Gasteiger partial charge in [0.05, 0.1) is 30.9 Å². The molecule has 2 fully saturated rings. The van der Waals surface area contributed by atoms with Gasteiger partial charge in [-0.15, -0.1) is 0 Å². The summed E-state index contributed by atoms with van der Waals surface area (Å²) in [4.78, 5) is 39.7. The summed E-state index contributed by atoms with van der Waals surface area (Å²) >= 11 is 0. The monoisotopic (exact) mass is 425 g/mol. The molecule has 0 radical (unpaired) electrons. The van der Waals surface area contributed by atoms with E-state index >= 15 is 0 Å². The van der Waals surface area contributed by atoms with Crippen LogP contribution in [0.4, 0.5) is 20.6 Å². The molecule has 0 aliphatic carbocycles. The van der Waals surface area contributed by atoms with Crippen molar-refractivity contribution in [1.29, 1.82) is 0 Å². The van der Waals surface area contributed by atoms with Crippen molar-refractivity contribution in [1.82, 2.24) is 5.32 Å². The number of anilines is 2. The van der Waals surface area contributed by atoms with Crippen molar-refractivity contribution in [3.05, 3.63) is 59.2 Å². The largest absolute Gasteiger partial charge is 0.444 e. The van der Waals surface area contributed by atoms with Crippen LogP contribution in [0.5, 0.6) is 0 Å². The Hall–Kier alpha value is -3.46. The molecule has 2 unspecified atom stereocenters. The Kier molecular flexibility index (Phi) is 4.82. The van der Waals surface area contributed by atoms with Crippen LogP contribution in [0, 0.1) is 0 Å². The molecule has 2 aromatic rings. The number of cyclic esters (lactones) is 1. The van der Waals surface area contributed by atoms with Crippen LogP contribution in [0.1, 0.15) is 26.3 Å². The Bertz CT molecular complexity index is 1070. The zero-order chi connectivity index (χ0) is 21.5. The summed E-state index contributed by atoms with van der Waals surface area (Å²) in [6.45, 7) is 1.16. The number of fused-ring (bicyclic) bond motifs is 1. The fraction of sp³-hybridized carbons (Fsp3) is 0.318. The number of nitrogens with zero attached hydrogens (tertiary/aromatic N) is 2. The molecule has 1 N–H and O–H groups in total. The lowest BCUT2D eigenvalue weighted by atomic mass is 9.98. The quantitative estimate of drug-likeness (QED) is 0.597. The molecule has 9 heteroatoms. The van der Waals surface area contributed by atoms with Gasteiger partial charge < -0.3 is 14.4 Å². The van der Waals surface area contributed by atoms with E-state index in [2.05, 4.69) is 5.32 Å². The molecule has 2 aromatic carbocycles. The van der Waals surface area contributed by atoms with Crippen LogP contribution >= 0.6 is 0 Å². The van der Waals surface area contributed by atoms with Crippen molar-refractivity contribution < 1.29 is 28.2 Å². The standard InChI is InChI=1S/C22H20FN3O5/c23-18-12-30-8-7-25(18)14-4-2-5-15(10-14)26-11-16(31-22(26)29)9-13-3-1-6-17-19(13)21(28)24-20(17)27/h1-6,10,16,18H,7-9,11-12H2,(H,24,27,28). The second-order valence-corrected chi connectivity index (χ2v) is 7.67. The van der Waals surface area contributed by atoms with Crippen LogP contribution in [0.25, 0.3) is 0 Å². The van der Waals surface area contributed by atoms with Gasteiger partial charge in [-0.25, -0.2) is 9.18 Å². The number of hydrogen-bond donors (Lipinski definition) is 1. The van der Waals surface area contributed by atoms with Crippen LogP contribution < -0.4 is 15.1 Å². The number of hydrogen-bond acceptors (Lipinski definition) is 6. The molecule has 3 heterocycles. The summed E-state index contributed by atoms with van der Waals surface area (Å²) in [6, 6.07) is 12.2. The number of halogens is 1. The van der Waals surface area contributed by atoms with E-state index < -0.39 is 30.3 Å². The topological polar surface area (TPSA) is 88.2 Å². The molecule has 2 saturated heterocycles. The van der Waals surface area contributed by atoms with Gasteiger partial charge in [0.2, 0.25) is 0 Å². The highest BCUT2D eigenvalue weighted by molar-refractivity contribution is 6.22. The lowest BCUT2D eigenvalue weighted by Gasteiger charge is -2.32. The maximum Gasteiger partial charge on any atom is 0.414 e. The number of benzene rings is 2. The van der Waals surface area contributed by atoms with Gasteiger partial charge >= 0.3 is 6.09 Å². The number of imide groups is 1. The van der Waals surface area contributed by atoms with Crippen LogP contribution in [0.3, 0.4) is 0 Å².